The highest BCUT2D eigenvalue weighted by atomic mass is 16.4. The first kappa shape index (κ1) is 15.8. The highest BCUT2D eigenvalue weighted by molar-refractivity contribution is 5.78. The lowest BCUT2D eigenvalue weighted by atomic mass is 10.2. The monoisotopic (exact) mass is 316 g/mol. The van der Waals surface area contributed by atoms with Crippen molar-refractivity contribution in [2.24, 2.45) is 0 Å². The minimum atomic E-state index is 0.106. The Morgan fingerprint density at radius 2 is 2.04 bits per heavy atom. The fourth-order valence-electron chi connectivity index (χ4n) is 2.72. The molecule has 1 saturated heterocycles. The molecule has 1 unspecified atom stereocenters. The second kappa shape index (κ2) is 7.00. The summed E-state index contributed by atoms with van der Waals surface area (Å²) < 4.78 is 5.81. The number of nitrogens with zero attached hydrogens (tertiary/aromatic N) is 3. The lowest BCUT2D eigenvalue weighted by Gasteiger charge is -2.33. The van der Waals surface area contributed by atoms with Gasteiger partial charge in [0.2, 0.25) is 5.91 Å². The van der Waals surface area contributed by atoms with E-state index in [2.05, 4.69) is 27.0 Å². The number of rotatable bonds is 5. The molecule has 1 fully saturated rings. The number of nitrogens with one attached hydrogen (secondary N) is 1. The van der Waals surface area contributed by atoms with E-state index in [4.69, 9.17) is 4.42 Å². The molecule has 0 saturated carbocycles. The molecule has 1 atom stereocenters. The van der Waals surface area contributed by atoms with Crippen LogP contribution in [-0.2, 0) is 4.79 Å². The number of piperazine rings is 1. The molecule has 1 aromatic heterocycles. The Hall–Kier alpha value is -2.08. The molecule has 6 nitrogen and oxygen atoms in total. The first-order valence-corrected chi connectivity index (χ1v) is 8.28. The summed E-state index contributed by atoms with van der Waals surface area (Å²) in [4.78, 5) is 20.8. The number of carbonyl (C=O) groups excluding carboxylic acids is 1. The Balaban J connectivity index is 1.53. The fourth-order valence-corrected chi connectivity index (χ4v) is 2.72. The Morgan fingerprint density at radius 3 is 2.74 bits per heavy atom. The Kier molecular flexibility index (Phi) is 4.81. The van der Waals surface area contributed by atoms with E-state index in [0.717, 1.165) is 43.7 Å². The molecule has 6 heteroatoms. The third kappa shape index (κ3) is 3.82. The van der Waals surface area contributed by atoms with Crippen molar-refractivity contribution in [2.45, 2.75) is 26.3 Å². The SMILES string of the molecule is CCC(C)NC(=O)CN1CCN(c2nc3ccccc3o2)CC1. The molecular formula is C17H24N4O2. The molecule has 0 aliphatic carbocycles. The van der Waals surface area contributed by atoms with Gasteiger partial charge in [-0.3, -0.25) is 9.69 Å². The van der Waals surface area contributed by atoms with Gasteiger partial charge < -0.3 is 14.6 Å². The van der Waals surface area contributed by atoms with E-state index in [1.54, 1.807) is 0 Å². The minimum absolute atomic E-state index is 0.106. The van der Waals surface area contributed by atoms with Gasteiger partial charge in [-0.05, 0) is 25.5 Å². The first-order valence-electron chi connectivity index (χ1n) is 8.28. The van der Waals surface area contributed by atoms with Gasteiger partial charge in [-0.15, -0.1) is 0 Å². The average Bonchev–Trinajstić information content (AvgIpc) is 2.99. The number of hydrogen-bond acceptors (Lipinski definition) is 5. The zero-order chi connectivity index (χ0) is 16.2. The smallest absolute Gasteiger partial charge is 0.298 e. The van der Waals surface area contributed by atoms with Crippen molar-refractivity contribution >= 4 is 23.0 Å². The van der Waals surface area contributed by atoms with Crippen molar-refractivity contribution < 1.29 is 9.21 Å². The van der Waals surface area contributed by atoms with Crippen LogP contribution < -0.4 is 10.2 Å². The van der Waals surface area contributed by atoms with Gasteiger partial charge in [0.05, 0.1) is 6.54 Å². The number of benzene rings is 1. The number of anilines is 1. The van der Waals surface area contributed by atoms with E-state index < -0.39 is 0 Å². The number of amides is 1. The summed E-state index contributed by atoms with van der Waals surface area (Å²) in [6, 6.07) is 8.71. The Morgan fingerprint density at radius 1 is 1.30 bits per heavy atom. The predicted octanol–water partition coefficient (Wildman–Crippen LogP) is 1.86. The molecule has 0 spiro atoms. The van der Waals surface area contributed by atoms with E-state index in [1.807, 2.05) is 31.2 Å². The predicted molar refractivity (Wildman–Crippen MR) is 90.6 cm³/mol. The molecule has 3 rings (SSSR count). The van der Waals surface area contributed by atoms with E-state index >= 15 is 0 Å². The number of para-hydroxylation sites is 2. The second-order valence-corrected chi connectivity index (χ2v) is 6.10. The number of oxazole rings is 1. The maximum absolute atomic E-state index is 12.0. The van der Waals surface area contributed by atoms with Crippen LogP contribution in [0, 0.1) is 0 Å². The van der Waals surface area contributed by atoms with Crippen LogP contribution in [0.1, 0.15) is 20.3 Å². The summed E-state index contributed by atoms with van der Waals surface area (Å²) in [6.45, 7) is 7.89. The fraction of sp³-hybridized carbons (Fsp3) is 0.529. The van der Waals surface area contributed by atoms with Crippen molar-refractivity contribution in [1.29, 1.82) is 0 Å². The Bertz CT molecular complexity index is 628. The lowest BCUT2D eigenvalue weighted by Crippen LogP contribution is -2.50. The molecule has 2 aromatic rings. The van der Waals surface area contributed by atoms with Crippen molar-refractivity contribution in [3.8, 4) is 0 Å². The standard InChI is InChI=1S/C17H24N4O2/c1-3-13(2)18-16(22)12-20-8-10-21(11-9-20)17-19-14-6-4-5-7-15(14)23-17/h4-7,13H,3,8-12H2,1-2H3,(H,18,22). The summed E-state index contributed by atoms with van der Waals surface area (Å²) in [5, 5.41) is 3.01. The van der Waals surface area contributed by atoms with Crippen LogP contribution >= 0.6 is 0 Å². The number of carbonyl (C=O) groups is 1. The third-order valence-electron chi connectivity index (χ3n) is 4.31. The Labute approximate surface area is 136 Å². The van der Waals surface area contributed by atoms with Gasteiger partial charge in [0.15, 0.2) is 5.58 Å². The summed E-state index contributed by atoms with van der Waals surface area (Å²) in [5.74, 6) is 0.106. The second-order valence-electron chi connectivity index (χ2n) is 6.10. The molecule has 1 aliphatic rings. The largest absolute Gasteiger partial charge is 0.423 e. The zero-order valence-electron chi connectivity index (χ0n) is 13.8. The summed E-state index contributed by atoms with van der Waals surface area (Å²) in [5.41, 5.74) is 1.70. The topological polar surface area (TPSA) is 61.6 Å². The molecule has 1 N–H and O–H groups in total. The van der Waals surface area contributed by atoms with Crippen molar-refractivity contribution in [1.82, 2.24) is 15.2 Å². The first-order chi connectivity index (χ1) is 11.2. The van der Waals surface area contributed by atoms with Gasteiger partial charge in [-0.2, -0.15) is 4.98 Å². The zero-order valence-corrected chi connectivity index (χ0v) is 13.8. The third-order valence-corrected chi connectivity index (χ3v) is 4.31. The van der Waals surface area contributed by atoms with Crippen LogP contribution in [0.4, 0.5) is 6.01 Å². The summed E-state index contributed by atoms with van der Waals surface area (Å²) in [6.07, 6.45) is 0.956. The van der Waals surface area contributed by atoms with Crippen molar-refractivity contribution in [2.75, 3.05) is 37.6 Å². The van der Waals surface area contributed by atoms with Crippen molar-refractivity contribution in [3.05, 3.63) is 24.3 Å². The van der Waals surface area contributed by atoms with Crippen LogP contribution in [0.3, 0.4) is 0 Å². The van der Waals surface area contributed by atoms with E-state index in [0.29, 0.717) is 12.6 Å². The maximum Gasteiger partial charge on any atom is 0.298 e. The van der Waals surface area contributed by atoms with Gasteiger partial charge in [-0.1, -0.05) is 19.1 Å². The maximum atomic E-state index is 12.0. The van der Waals surface area contributed by atoms with Gasteiger partial charge in [-0.25, -0.2) is 0 Å². The summed E-state index contributed by atoms with van der Waals surface area (Å²) >= 11 is 0. The number of aromatic nitrogens is 1. The average molecular weight is 316 g/mol. The quantitative estimate of drug-likeness (QED) is 0.912. The van der Waals surface area contributed by atoms with E-state index in [-0.39, 0.29) is 11.9 Å². The molecule has 0 radical (unpaired) electrons. The van der Waals surface area contributed by atoms with Gasteiger partial charge in [0, 0.05) is 32.2 Å². The molecule has 2 heterocycles. The minimum Gasteiger partial charge on any atom is -0.423 e. The van der Waals surface area contributed by atoms with Crippen LogP contribution in [0.25, 0.3) is 11.1 Å². The molecule has 0 bridgehead atoms. The highest BCUT2D eigenvalue weighted by Crippen LogP contribution is 2.22. The lowest BCUT2D eigenvalue weighted by molar-refractivity contribution is -0.122. The van der Waals surface area contributed by atoms with Crippen molar-refractivity contribution in [3.63, 3.8) is 0 Å². The van der Waals surface area contributed by atoms with Crippen LogP contribution in [0.15, 0.2) is 28.7 Å². The van der Waals surface area contributed by atoms with Gasteiger partial charge in [0.1, 0.15) is 5.52 Å². The molecule has 23 heavy (non-hydrogen) atoms. The molecule has 124 valence electrons. The normalized spacial score (nSPS) is 17.4. The molecule has 1 aromatic carbocycles. The van der Waals surface area contributed by atoms with E-state index in [1.165, 1.54) is 0 Å². The highest BCUT2D eigenvalue weighted by Gasteiger charge is 2.22. The molecular weight excluding hydrogens is 292 g/mol. The van der Waals surface area contributed by atoms with Crippen LogP contribution in [0.2, 0.25) is 0 Å². The number of fused-ring (bicyclic) bond motifs is 1. The van der Waals surface area contributed by atoms with E-state index in [9.17, 15) is 4.79 Å². The number of hydrogen-bond donors (Lipinski definition) is 1. The van der Waals surface area contributed by atoms with Gasteiger partial charge >= 0.3 is 0 Å². The molecule has 1 amide bonds. The van der Waals surface area contributed by atoms with Gasteiger partial charge in [0.25, 0.3) is 6.01 Å². The molecule has 1 aliphatic heterocycles. The summed E-state index contributed by atoms with van der Waals surface area (Å²) in [7, 11) is 0. The van der Waals surface area contributed by atoms with Crippen LogP contribution in [-0.4, -0.2) is 54.6 Å². The van der Waals surface area contributed by atoms with Crippen LogP contribution in [0.5, 0.6) is 0 Å².